The van der Waals surface area contributed by atoms with Gasteiger partial charge in [-0.25, -0.2) is 5.48 Å². The lowest BCUT2D eigenvalue weighted by Crippen LogP contribution is -2.15. The molecule has 1 amide bonds. The summed E-state index contributed by atoms with van der Waals surface area (Å²) in [5.74, 6) is 0. The van der Waals surface area contributed by atoms with E-state index in [-0.39, 0.29) is 0 Å². The van der Waals surface area contributed by atoms with Gasteiger partial charge in [-0.05, 0) is 6.92 Å². The van der Waals surface area contributed by atoms with Crippen LogP contribution >= 0.6 is 11.6 Å². The van der Waals surface area contributed by atoms with Crippen molar-refractivity contribution >= 4 is 18.0 Å². The predicted molar refractivity (Wildman–Crippen MR) is 25.2 cm³/mol. The van der Waals surface area contributed by atoms with Crippen LogP contribution in [0.1, 0.15) is 6.92 Å². The van der Waals surface area contributed by atoms with E-state index < -0.39 is 5.56 Å². The predicted octanol–water partition coefficient (Wildman–Crippen LogP) is 0.160. The van der Waals surface area contributed by atoms with Gasteiger partial charge in [0.05, 0.1) is 0 Å². The molecule has 7 heavy (non-hydrogen) atoms. The van der Waals surface area contributed by atoms with Crippen molar-refractivity contribution in [2.75, 3.05) is 0 Å². The smallest absolute Gasteiger partial charge is 0.261 e. The van der Waals surface area contributed by atoms with Gasteiger partial charge in [-0.3, -0.25) is 9.63 Å². The van der Waals surface area contributed by atoms with Crippen molar-refractivity contribution < 1.29 is 9.63 Å². The Balaban J connectivity index is 2.81. The van der Waals surface area contributed by atoms with Gasteiger partial charge in [-0.1, -0.05) is 11.6 Å². The quantitative estimate of drug-likeness (QED) is 0.329. The lowest BCUT2D eigenvalue weighted by molar-refractivity contribution is 0.0682. The van der Waals surface area contributed by atoms with E-state index in [2.05, 4.69) is 4.84 Å². The van der Waals surface area contributed by atoms with Crippen LogP contribution in [-0.4, -0.2) is 12.0 Å². The molecule has 0 aromatic rings. The highest BCUT2D eigenvalue weighted by molar-refractivity contribution is 6.19. The Labute approximate surface area is 46.6 Å². The Kier molecular flexibility index (Phi) is 3.74. The number of nitrogens with one attached hydrogen (secondary N) is 1. The van der Waals surface area contributed by atoms with Gasteiger partial charge in [0.2, 0.25) is 0 Å². The third-order valence-corrected chi connectivity index (χ3v) is 0.352. The largest absolute Gasteiger partial charge is 0.335 e. The Morgan fingerprint density at radius 1 is 2.00 bits per heavy atom. The first-order chi connectivity index (χ1) is 3.27. The summed E-state index contributed by atoms with van der Waals surface area (Å²) in [6.07, 6.45) is 1.29. The summed E-state index contributed by atoms with van der Waals surface area (Å²) in [5.41, 5.74) is 1.31. The van der Waals surface area contributed by atoms with E-state index in [1.165, 1.54) is 6.41 Å². The van der Waals surface area contributed by atoms with Crippen LogP contribution in [0.3, 0.4) is 0 Å². The molecule has 0 rings (SSSR count). The van der Waals surface area contributed by atoms with E-state index in [4.69, 9.17) is 11.6 Å². The number of hydrogen-bond acceptors (Lipinski definition) is 2. The average Bonchev–Trinajstić information content (AvgIpc) is 1.61. The van der Waals surface area contributed by atoms with Crippen LogP contribution in [-0.2, 0) is 9.63 Å². The number of hydroxylamine groups is 1. The number of hydrogen-bond donors (Lipinski definition) is 1. The summed E-state index contributed by atoms with van der Waals surface area (Å²) >= 11 is 5.19. The highest BCUT2D eigenvalue weighted by atomic mass is 35.5. The molecule has 0 bridgehead atoms. The fraction of sp³-hybridized carbons (Fsp3) is 0.667. The van der Waals surface area contributed by atoms with Gasteiger partial charge in [-0.15, -0.1) is 0 Å². The van der Waals surface area contributed by atoms with Crippen LogP contribution in [0.15, 0.2) is 0 Å². The lowest BCUT2D eigenvalue weighted by atomic mass is 10.9. The molecule has 0 aromatic carbocycles. The Morgan fingerprint density at radius 3 is 2.71 bits per heavy atom. The molecule has 0 aliphatic rings. The number of alkyl halides is 1. The fourth-order valence-electron chi connectivity index (χ4n) is 0.105. The molecule has 0 aliphatic heterocycles. The molecule has 1 atom stereocenters. The molecule has 0 fully saturated rings. The minimum atomic E-state index is -0.499. The molecule has 0 aliphatic carbocycles. The second-order valence-electron chi connectivity index (χ2n) is 0.865. The zero-order valence-electron chi connectivity index (χ0n) is 3.77. The summed E-state index contributed by atoms with van der Waals surface area (Å²) in [6.45, 7) is 1.58. The standard InChI is InChI=1S/C3H5ClNO2/c1-3(4)7-5-2-6/h3H,1H3,(H,5,6). The second kappa shape index (κ2) is 3.89. The first kappa shape index (κ1) is 6.72. The molecule has 0 aromatic heterocycles. The third kappa shape index (κ3) is 5.72. The molecule has 41 valence electrons. The summed E-state index contributed by atoms with van der Waals surface area (Å²) in [5, 5.41) is 0. The van der Waals surface area contributed by atoms with Crippen molar-refractivity contribution in [1.29, 1.82) is 0 Å². The topological polar surface area (TPSA) is 38.3 Å². The molecule has 0 saturated heterocycles. The van der Waals surface area contributed by atoms with Gasteiger partial charge in [0.1, 0.15) is 0 Å². The van der Waals surface area contributed by atoms with Crippen molar-refractivity contribution in [1.82, 2.24) is 5.48 Å². The van der Waals surface area contributed by atoms with Crippen LogP contribution in [0.4, 0.5) is 0 Å². The van der Waals surface area contributed by atoms with Gasteiger partial charge in [0, 0.05) is 0 Å². The molecule has 0 saturated carbocycles. The van der Waals surface area contributed by atoms with E-state index in [1.807, 2.05) is 5.48 Å². The molecule has 4 heteroatoms. The number of halogens is 1. The molecule has 1 unspecified atom stereocenters. The van der Waals surface area contributed by atoms with Crippen molar-refractivity contribution in [3.63, 3.8) is 0 Å². The minimum absolute atomic E-state index is 0.499. The first-order valence-corrected chi connectivity index (χ1v) is 2.13. The van der Waals surface area contributed by atoms with E-state index in [0.29, 0.717) is 0 Å². The Morgan fingerprint density at radius 2 is 2.57 bits per heavy atom. The van der Waals surface area contributed by atoms with E-state index in [9.17, 15) is 4.79 Å². The van der Waals surface area contributed by atoms with Crippen LogP contribution in [0.2, 0.25) is 0 Å². The van der Waals surface area contributed by atoms with E-state index in [0.717, 1.165) is 0 Å². The van der Waals surface area contributed by atoms with Crippen molar-refractivity contribution in [2.24, 2.45) is 0 Å². The van der Waals surface area contributed by atoms with Crippen LogP contribution < -0.4 is 5.48 Å². The van der Waals surface area contributed by atoms with E-state index in [1.54, 1.807) is 6.92 Å². The number of amides is 1. The maximum atomic E-state index is 9.29. The maximum Gasteiger partial charge on any atom is 0.335 e. The zero-order valence-corrected chi connectivity index (χ0v) is 4.53. The molecule has 1 N–H and O–H groups in total. The summed E-state index contributed by atoms with van der Waals surface area (Å²) in [4.78, 5) is 13.6. The van der Waals surface area contributed by atoms with Crippen LogP contribution in [0.5, 0.6) is 0 Å². The lowest BCUT2D eigenvalue weighted by Gasteiger charge is -1.97. The van der Waals surface area contributed by atoms with Gasteiger partial charge in [-0.2, -0.15) is 0 Å². The van der Waals surface area contributed by atoms with Crippen LogP contribution in [0, 0.1) is 0 Å². The van der Waals surface area contributed by atoms with E-state index >= 15 is 0 Å². The van der Waals surface area contributed by atoms with Gasteiger partial charge in [0.15, 0.2) is 5.56 Å². The average molecular weight is 123 g/mol. The summed E-state index contributed by atoms with van der Waals surface area (Å²) in [7, 11) is 0. The monoisotopic (exact) mass is 122 g/mol. The minimum Gasteiger partial charge on any atom is -0.261 e. The Hall–Kier alpha value is -0.280. The number of rotatable bonds is 3. The van der Waals surface area contributed by atoms with Crippen molar-refractivity contribution in [2.45, 2.75) is 12.5 Å². The van der Waals surface area contributed by atoms with Gasteiger partial charge in [0.25, 0.3) is 0 Å². The molecular weight excluding hydrogens is 117 g/mol. The first-order valence-electron chi connectivity index (χ1n) is 1.69. The highest BCUT2D eigenvalue weighted by Crippen LogP contribution is 1.89. The molecular formula is C3H5ClNO2. The molecule has 3 nitrogen and oxygen atoms in total. The molecule has 1 radical (unpaired) electrons. The SMILES string of the molecule is CC(Cl)ON[C]=O. The molecule has 0 heterocycles. The van der Waals surface area contributed by atoms with Crippen molar-refractivity contribution in [3.05, 3.63) is 0 Å². The fourth-order valence-corrected chi connectivity index (χ4v) is 0.150. The van der Waals surface area contributed by atoms with Crippen molar-refractivity contribution in [3.8, 4) is 0 Å². The molecule has 0 spiro atoms. The van der Waals surface area contributed by atoms with Gasteiger partial charge < -0.3 is 0 Å². The highest BCUT2D eigenvalue weighted by Gasteiger charge is 1.89. The second-order valence-corrected chi connectivity index (χ2v) is 1.48. The van der Waals surface area contributed by atoms with Crippen LogP contribution in [0.25, 0.3) is 0 Å². The number of carbonyl (C=O) groups excluding carboxylic acids is 1. The third-order valence-electron chi connectivity index (χ3n) is 0.263. The maximum absolute atomic E-state index is 9.29. The van der Waals surface area contributed by atoms with Gasteiger partial charge >= 0.3 is 6.41 Å². The summed E-state index contributed by atoms with van der Waals surface area (Å²) < 4.78 is 0. The summed E-state index contributed by atoms with van der Waals surface area (Å²) in [6, 6.07) is 0. The normalized spacial score (nSPS) is 12.9. The Bertz CT molecular complexity index is 56.9. The zero-order chi connectivity index (χ0) is 5.70.